The van der Waals surface area contributed by atoms with E-state index in [1.54, 1.807) is 13.0 Å². The van der Waals surface area contributed by atoms with Gasteiger partial charge in [-0.05, 0) is 43.0 Å². The van der Waals surface area contributed by atoms with E-state index in [9.17, 15) is 9.59 Å². The maximum absolute atomic E-state index is 12.0. The molecule has 124 valence electrons. The smallest absolute Gasteiger partial charge is 0.330 e. The van der Waals surface area contributed by atoms with Crippen LogP contribution in [-0.4, -0.2) is 18.5 Å². The average Bonchev–Trinajstić information content (AvgIpc) is 3.06. The van der Waals surface area contributed by atoms with Gasteiger partial charge in [0.25, 0.3) is 0 Å². The molecule has 4 nitrogen and oxygen atoms in total. The quantitative estimate of drug-likeness (QED) is 0.607. The molecular formula is C19H25NO3. The van der Waals surface area contributed by atoms with E-state index in [0.29, 0.717) is 13.0 Å². The van der Waals surface area contributed by atoms with Gasteiger partial charge in [0, 0.05) is 18.2 Å². The highest BCUT2D eigenvalue weighted by Gasteiger charge is 2.16. The van der Waals surface area contributed by atoms with Crippen molar-refractivity contribution in [2.45, 2.75) is 45.4 Å². The van der Waals surface area contributed by atoms with E-state index in [-0.39, 0.29) is 11.9 Å². The lowest BCUT2D eigenvalue weighted by Gasteiger charge is -2.09. The van der Waals surface area contributed by atoms with Crippen molar-refractivity contribution in [2.24, 2.45) is 5.92 Å². The van der Waals surface area contributed by atoms with Crippen LogP contribution in [0.15, 0.2) is 30.3 Å². The van der Waals surface area contributed by atoms with Crippen LogP contribution in [-0.2, 0) is 14.3 Å². The third kappa shape index (κ3) is 6.27. The Balaban J connectivity index is 1.77. The average molecular weight is 315 g/mol. The van der Waals surface area contributed by atoms with Gasteiger partial charge in [-0.3, -0.25) is 4.79 Å². The molecule has 1 amide bonds. The van der Waals surface area contributed by atoms with Gasteiger partial charge in [-0.1, -0.05) is 37.8 Å². The van der Waals surface area contributed by atoms with Gasteiger partial charge in [0.15, 0.2) is 0 Å². The topological polar surface area (TPSA) is 55.4 Å². The molecule has 1 aliphatic carbocycles. The molecule has 0 radical (unpaired) electrons. The fourth-order valence-electron chi connectivity index (χ4n) is 2.89. The second-order valence-corrected chi connectivity index (χ2v) is 5.94. The molecule has 0 heterocycles. The summed E-state index contributed by atoms with van der Waals surface area (Å²) in [5, 5.41) is 2.92. The van der Waals surface area contributed by atoms with Crippen LogP contribution in [0.25, 0.3) is 6.08 Å². The third-order valence-corrected chi connectivity index (χ3v) is 4.15. The second kappa shape index (κ2) is 9.13. The number of esters is 1. The lowest BCUT2D eigenvalue weighted by atomic mass is 10.0. The molecule has 0 aromatic heterocycles. The van der Waals surface area contributed by atoms with Crippen LogP contribution in [0.3, 0.4) is 0 Å². The van der Waals surface area contributed by atoms with Gasteiger partial charge in [0.1, 0.15) is 0 Å². The van der Waals surface area contributed by atoms with Gasteiger partial charge in [-0.15, -0.1) is 0 Å². The van der Waals surface area contributed by atoms with Gasteiger partial charge in [-0.2, -0.15) is 0 Å². The van der Waals surface area contributed by atoms with Crippen molar-refractivity contribution in [1.82, 2.24) is 0 Å². The Morgan fingerprint density at radius 2 is 1.91 bits per heavy atom. The van der Waals surface area contributed by atoms with Crippen LogP contribution in [0.4, 0.5) is 5.69 Å². The number of carbonyl (C=O) groups excluding carboxylic acids is 2. The van der Waals surface area contributed by atoms with Crippen LogP contribution >= 0.6 is 0 Å². The van der Waals surface area contributed by atoms with Gasteiger partial charge in [0.05, 0.1) is 6.61 Å². The standard InChI is InChI=1S/C19H25NO3/c1-2-23-19(22)14-10-16-7-11-17(12-8-16)20-18(21)13-9-15-5-3-4-6-15/h7-8,10-12,14-15H,2-6,9,13H2,1H3,(H,20,21)/b14-10+. The van der Waals surface area contributed by atoms with E-state index in [1.165, 1.54) is 31.8 Å². The fourth-order valence-corrected chi connectivity index (χ4v) is 2.89. The molecule has 1 saturated carbocycles. The summed E-state index contributed by atoms with van der Waals surface area (Å²) in [6.07, 6.45) is 9.85. The summed E-state index contributed by atoms with van der Waals surface area (Å²) in [7, 11) is 0. The molecule has 0 unspecified atom stereocenters. The first-order valence-electron chi connectivity index (χ1n) is 8.42. The number of rotatable bonds is 7. The van der Waals surface area contributed by atoms with Crippen LogP contribution < -0.4 is 5.32 Å². The predicted molar refractivity (Wildman–Crippen MR) is 91.9 cm³/mol. The number of amides is 1. The summed E-state index contributed by atoms with van der Waals surface area (Å²) in [4.78, 5) is 23.2. The van der Waals surface area contributed by atoms with Gasteiger partial charge >= 0.3 is 5.97 Å². The molecule has 1 N–H and O–H groups in total. The first-order chi connectivity index (χ1) is 11.2. The molecule has 1 aromatic rings. The molecule has 1 fully saturated rings. The highest BCUT2D eigenvalue weighted by Crippen LogP contribution is 2.28. The Kier molecular flexibility index (Phi) is 6.85. The summed E-state index contributed by atoms with van der Waals surface area (Å²) >= 11 is 0. The number of benzene rings is 1. The van der Waals surface area contributed by atoms with Crippen molar-refractivity contribution < 1.29 is 14.3 Å². The molecular weight excluding hydrogens is 290 g/mol. The van der Waals surface area contributed by atoms with Gasteiger partial charge in [-0.25, -0.2) is 4.79 Å². The Hall–Kier alpha value is -2.10. The van der Waals surface area contributed by atoms with E-state index in [0.717, 1.165) is 23.6 Å². The fraction of sp³-hybridized carbons (Fsp3) is 0.474. The van der Waals surface area contributed by atoms with E-state index in [2.05, 4.69) is 5.32 Å². The molecule has 0 saturated heterocycles. The number of hydrogen-bond donors (Lipinski definition) is 1. The van der Waals surface area contributed by atoms with Crippen molar-refractivity contribution in [3.63, 3.8) is 0 Å². The molecule has 2 rings (SSSR count). The molecule has 1 aliphatic rings. The van der Waals surface area contributed by atoms with Gasteiger partial charge in [0.2, 0.25) is 5.91 Å². The number of nitrogens with one attached hydrogen (secondary N) is 1. The monoisotopic (exact) mass is 315 g/mol. The second-order valence-electron chi connectivity index (χ2n) is 5.94. The van der Waals surface area contributed by atoms with Crippen LogP contribution in [0.5, 0.6) is 0 Å². The summed E-state index contributed by atoms with van der Waals surface area (Å²) in [5.41, 5.74) is 1.68. The summed E-state index contributed by atoms with van der Waals surface area (Å²) in [6, 6.07) is 7.42. The van der Waals surface area contributed by atoms with Crippen molar-refractivity contribution in [3.8, 4) is 0 Å². The molecule has 0 atom stereocenters. The van der Waals surface area contributed by atoms with E-state index in [1.807, 2.05) is 24.3 Å². The number of carbonyl (C=O) groups is 2. The maximum Gasteiger partial charge on any atom is 0.330 e. The largest absolute Gasteiger partial charge is 0.463 e. The maximum atomic E-state index is 12.0. The SMILES string of the molecule is CCOC(=O)/C=C/c1ccc(NC(=O)CCC2CCCC2)cc1. The highest BCUT2D eigenvalue weighted by molar-refractivity contribution is 5.91. The van der Waals surface area contributed by atoms with E-state index < -0.39 is 0 Å². The molecule has 0 aliphatic heterocycles. The zero-order valence-electron chi connectivity index (χ0n) is 13.7. The van der Waals surface area contributed by atoms with Crippen molar-refractivity contribution in [2.75, 3.05) is 11.9 Å². The summed E-state index contributed by atoms with van der Waals surface area (Å²) in [6.45, 7) is 2.14. The lowest BCUT2D eigenvalue weighted by molar-refractivity contribution is -0.137. The summed E-state index contributed by atoms with van der Waals surface area (Å²) < 4.78 is 4.83. The minimum absolute atomic E-state index is 0.0757. The van der Waals surface area contributed by atoms with Crippen LogP contribution in [0.2, 0.25) is 0 Å². The first-order valence-corrected chi connectivity index (χ1v) is 8.42. The van der Waals surface area contributed by atoms with Crippen molar-refractivity contribution in [3.05, 3.63) is 35.9 Å². The van der Waals surface area contributed by atoms with Crippen LogP contribution in [0.1, 0.15) is 51.0 Å². The van der Waals surface area contributed by atoms with Crippen LogP contribution in [0, 0.1) is 5.92 Å². The predicted octanol–water partition coefficient (Wildman–Crippen LogP) is 4.17. The van der Waals surface area contributed by atoms with Gasteiger partial charge < -0.3 is 10.1 Å². The first kappa shape index (κ1) is 17.3. The molecule has 0 bridgehead atoms. The molecule has 0 spiro atoms. The third-order valence-electron chi connectivity index (χ3n) is 4.15. The summed E-state index contributed by atoms with van der Waals surface area (Å²) in [5.74, 6) is 0.458. The van der Waals surface area contributed by atoms with Crippen molar-refractivity contribution >= 4 is 23.6 Å². The lowest BCUT2D eigenvalue weighted by Crippen LogP contribution is -2.12. The Bertz CT molecular complexity index is 542. The molecule has 4 heteroatoms. The zero-order valence-corrected chi connectivity index (χ0v) is 13.7. The molecule has 1 aromatic carbocycles. The van der Waals surface area contributed by atoms with E-state index >= 15 is 0 Å². The number of ether oxygens (including phenoxy) is 1. The normalized spacial score (nSPS) is 15.0. The minimum atomic E-state index is -0.350. The number of hydrogen-bond acceptors (Lipinski definition) is 3. The van der Waals surface area contributed by atoms with E-state index in [4.69, 9.17) is 4.74 Å². The molecule has 23 heavy (non-hydrogen) atoms. The number of anilines is 1. The van der Waals surface area contributed by atoms with Crippen molar-refractivity contribution in [1.29, 1.82) is 0 Å². The Labute approximate surface area is 137 Å². The Morgan fingerprint density at radius 3 is 2.57 bits per heavy atom. The minimum Gasteiger partial charge on any atom is -0.463 e. The highest BCUT2D eigenvalue weighted by atomic mass is 16.5. The zero-order chi connectivity index (χ0) is 16.5. The Morgan fingerprint density at radius 1 is 1.22 bits per heavy atom.